The highest BCUT2D eigenvalue weighted by molar-refractivity contribution is 14.0. The van der Waals surface area contributed by atoms with Crippen LogP contribution < -0.4 is 5.32 Å². The van der Waals surface area contributed by atoms with E-state index in [0.29, 0.717) is 24.7 Å². The Morgan fingerprint density at radius 3 is 2.87 bits per heavy atom. The topological polar surface area (TPSA) is 67.6 Å². The van der Waals surface area contributed by atoms with Gasteiger partial charge in [0.1, 0.15) is 16.9 Å². The van der Waals surface area contributed by atoms with Crippen molar-refractivity contribution in [3.63, 3.8) is 0 Å². The van der Waals surface area contributed by atoms with Crippen molar-refractivity contribution in [1.29, 1.82) is 0 Å². The molecule has 2 heterocycles. The maximum absolute atomic E-state index is 14.4. The molecule has 0 bridgehead atoms. The molecule has 0 aliphatic carbocycles. The number of benzene rings is 1. The van der Waals surface area contributed by atoms with Crippen molar-refractivity contribution in [2.45, 2.75) is 26.1 Å². The number of hydrogen-bond acceptors (Lipinski definition) is 5. The van der Waals surface area contributed by atoms with Gasteiger partial charge in [0.05, 0.1) is 24.3 Å². The second kappa shape index (κ2) is 11.4. The highest BCUT2D eigenvalue weighted by Gasteiger charge is 2.13. The minimum absolute atomic E-state index is 0. The number of thiazole rings is 1. The van der Waals surface area contributed by atoms with Crippen molar-refractivity contribution in [1.82, 2.24) is 24.8 Å². The monoisotopic (exact) mass is 544 g/mol. The number of methoxy groups -OCH3 is 1. The van der Waals surface area contributed by atoms with Crippen LogP contribution in [0.15, 0.2) is 47.3 Å². The quantitative estimate of drug-likeness (QED) is 0.277. The number of aliphatic imine (C=N–C) groups is 1. The molecule has 10 heteroatoms. The maximum atomic E-state index is 14.4. The molecule has 1 unspecified atom stereocenters. The highest BCUT2D eigenvalue weighted by atomic mass is 127. The van der Waals surface area contributed by atoms with Gasteiger partial charge in [-0.2, -0.15) is 0 Å². The molecule has 0 aliphatic heterocycles. The van der Waals surface area contributed by atoms with Crippen molar-refractivity contribution in [2.24, 2.45) is 4.99 Å². The molecule has 0 radical (unpaired) electrons. The Balaban J connectivity index is 0.00000320. The van der Waals surface area contributed by atoms with Gasteiger partial charge in [-0.15, -0.1) is 35.3 Å². The van der Waals surface area contributed by atoms with Crippen molar-refractivity contribution in [3.8, 4) is 5.69 Å². The van der Waals surface area contributed by atoms with Crippen LogP contribution in [0.5, 0.6) is 0 Å². The number of ether oxygens (including phenoxy) is 1. The number of nitrogens with one attached hydrogen (secondary N) is 1. The molecule has 1 aromatic carbocycles. The molecule has 30 heavy (non-hydrogen) atoms. The minimum Gasteiger partial charge on any atom is -0.375 e. The average molecular weight is 544 g/mol. The van der Waals surface area contributed by atoms with Crippen LogP contribution in [0.4, 0.5) is 4.39 Å². The number of imidazole rings is 1. The van der Waals surface area contributed by atoms with E-state index in [4.69, 9.17) is 4.74 Å². The van der Waals surface area contributed by atoms with Gasteiger partial charge in [0, 0.05) is 45.5 Å². The number of guanidine groups is 1. The van der Waals surface area contributed by atoms with Crippen LogP contribution in [-0.2, 0) is 17.8 Å². The van der Waals surface area contributed by atoms with Crippen molar-refractivity contribution in [2.75, 3.05) is 21.2 Å². The lowest BCUT2D eigenvalue weighted by molar-refractivity contribution is 0.119. The molecule has 3 aromatic rings. The first-order valence-corrected chi connectivity index (χ1v) is 10.1. The molecular formula is C20H26FIN6OS. The fraction of sp³-hybridized carbons (Fsp3) is 0.350. The number of nitrogens with zero attached hydrogens (tertiary/aromatic N) is 5. The summed E-state index contributed by atoms with van der Waals surface area (Å²) in [5.74, 6) is 0.409. The third kappa shape index (κ3) is 5.99. The third-order valence-corrected chi connectivity index (χ3v) is 5.54. The van der Waals surface area contributed by atoms with Gasteiger partial charge in [0.2, 0.25) is 0 Å². The van der Waals surface area contributed by atoms with E-state index in [0.717, 1.165) is 16.3 Å². The summed E-state index contributed by atoms with van der Waals surface area (Å²) >= 11 is 1.58. The fourth-order valence-corrected chi connectivity index (χ4v) is 3.68. The largest absolute Gasteiger partial charge is 0.375 e. The Kier molecular flexibility index (Phi) is 9.18. The van der Waals surface area contributed by atoms with Crippen molar-refractivity contribution < 1.29 is 9.13 Å². The Bertz CT molecular complexity index is 962. The van der Waals surface area contributed by atoms with Gasteiger partial charge >= 0.3 is 0 Å². The average Bonchev–Trinajstić information content (AvgIpc) is 3.40. The predicted octanol–water partition coefficient (Wildman–Crippen LogP) is 4.00. The second-order valence-corrected chi connectivity index (χ2v) is 7.46. The van der Waals surface area contributed by atoms with Gasteiger partial charge in [0.25, 0.3) is 0 Å². The van der Waals surface area contributed by atoms with Crippen LogP contribution in [0.3, 0.4) is 0 Å². The molecule has 0 amide bonds. The molecule has 1 atom stereocenters. The molecule has 0 fully saturated rings. The summed E-state index contributed by atoms with van der Waals surface area (Å²) in [6.07, 6.45) is 4.89. The normalized spacial score (nSPS) is 12.4. The van der Waals surface area contributed by atoms with Crippen molar-refractivity contribution in [3.05, 3.63) is 64.4 Å². The molecule has 2 aromatic heterocycles. The Labute approximate surface area is 197 Å². The smallest absolute Gasteiger partial charge is 0.194 e. The molecule has 1 N–H and O–H groups in total. The number of halogens is 2. The highest BCUT2D eigenvalue weighted by Crippen LogP contribution is 2.21. The van der Waals surface area contributed by atoms with Gasteiger partial charge in [-0.25, -0.2) is 14.4 Å². The number of aromatic nitrogens is 3. The molecule has 162 valence electrons. The van der Waals surface area contributed by atoms with E-state index in [1.807, 2.05) is 30.3 Å². The van der Waals surface area contributed by atoms with Gasteiger partial charge in [-0.3, -0.25) is 4.99 Å². The zero-order chi connectivity index (χ0) is 20.8. The first-order chi connectivity index (χ1) is 14.0. The Hall–Kier alpha value is -2.05. The first kappa shape index (κ1) is 24.2. The SMILES string of the molecule is CN=C(NCc1ccc(-n2ccnc2)c(F)c1)N(C)Cc1csc(C(C)OC)n1.I. The van der Waals surface area contributed by atoms with Crippen LogP contribution in [0.2, 0.25) is 0 Å². The molecular weight excluding hydrogens is 518 g/mol. The summed E-state index contributed by atoms with van der Waals surface area (Å²) in [6, 6.07) is 5.15. The van der Waals surface area contributed by atoms with E-state index in [-0.39, 0.29) is 35.9 Å². The summed E-state index contributed by atoms with van der Waals surface area (Å²) in [4.78, 5) is 14.9. The lowest BCUT2D eigenvalue weighted by Crippen LogP contribution is -2.38. The van der Waals surface area contributed by atoms with Gasteiger partial charge in [-0.05, 0) is 24.6 Å². The Morgan fingerprint density at radius 2 is 2.23 bits per heavy atom. The summed E-state index contributed by atoms with van der Waals surface area (Å²) in [5, 5.41) is 6.25. The molecule has 0 spiro atoms. The zero-order valence-electron chi connectivity index (χ0n) is 17.4. The molecule has 7 nitrogen and oxygen atoms in total. The summed E-state index contributed by atoms with van der Waals surface area (Å²) in [5.41, 5.74) is 2.25. The van der Waals surface area contributed by atoms with Gasteiger partial charge in [-0.1, -0.05) is 6.07 Å². The number of hydrogen-bond donors (Lipinski definition) is 1. The molecule has 0 aliphatic rings. The first-order valence-electron chi connectivity index (χ1n) is 9.17. The minimum atomic E-state index is -0.298. The van der Waals surface area contributed by atoms with Crippen LogP contribution in [0.25, 0.3) is 5.69 Å². The van der Waals surface area contributed by atoms with E-state index in [9.17, 15) is 4.39 Å². The summed E-state index contributed by atoms with van der Waals surface area (Å²) < 4.78 is 21.4. The summed E-state index contributed by atoms with van der Waals surface area (Å²) in [7, 11) is 5.34. The van der Waals surface area contributed by atoms with Crippen LogP contribution in [0, 0.1) is 5.82 Å². The van der Waals surface area contributed by atoms with E-state index in [1.54, 1.807) is 54.8 Å². The molecule has 3 rings (SSSR count). The van der Waals surface area contributed by atoms with Crippen molar-refractivity contribution >= 4 is 41.3 Å². The lowest BCUT2D eigenvalue weighted by Gasteiger charge is -2.21. The van der Waals surface area contributed by atoms with Crippen LogP contribution >= 0.6 is 35.3 Å². The van der Waals surface area contributed by atoms with E-state index in [2.05, 4.69) is 20.3 Å². The maximum Gasteiger partial charge on any atom is 0.194 e. The third-order valence-electron chi connectivity index (χ3n) is 4.49. The van der Waals surface area contributed by atoms with Crippen LogP contribution in [0.1, 0.15) is 29.3 Å². The van der Waals surface area contributed by atoms with E-state index < -0.39 is 0 Å². The van der Waals surface area contributed by atoms with E-state index in [1.165, 1.54) is 6.07 Å². The molecule has 0 saturated carbocycles. The van der Waals surface area contributed by atoms with E-state index >= 15 is 0 Å². The Morgan fingerprint density at radius 1 is 1.43 bits per heavy atom. The standard InChI is InChI=1S/C20H25FN6OS.HI/c1-14(28-4)19-25-16(12-29-19)11-26(3)20(22-2)24-10-15-5-6-18(17(21)9-15)27-8-7-23-13-27;/h5-9,12-14H,10-11H2,1-4H3,(H,22,24);1H. The lowest BCUT2D eigenvalue weighted by atomic mass is 10.2. The van der Waals surface area contributed by atoms with Gasteiger partial charge in [0.15, 0.2) is 5.96 Å². The summed E-state index contributed by atoms with van der Waals surface area (Å²) in [6.45, 7) is 3.05. The predicted molar refractivity (Wildman–Crippen MR) is 128 cm³/mol. The fourth-order valence-electron chi connectivity index (χ4n) is 2.84. The molecule has 0 saturated heterocycles. The number of rotatable bonds is 7. The van der Waals surface area contributed by atoms with Crippen LogP contribution in [-0.4, -0.2) is 46.6 Å². The zero-order valence-corrected chi connectivity index (χ0v) is 20.5. The second-order valence-electron chi connectivity index (χ2n) is 6.57. The van der Waals surface area contributed by atoms with Gasteiger partial charge < -0.3 is 19.5 Å².